The van der Waals surface area contributed by atoms with E-state index in [0.29, 0.717) is 25.7 Å². The SMILES string of the molecule is O=c1ccc2ccc(OCCCCOc3ccc4ccc(OCCCCN5CCN(c6cccc7ccsc67)CC5)nc4c3)cc2[nH]1. The fourth-order valence-electron chi connectivity index (χ4n) is 6.10. The molecule has 242 valence electrons. The Kier molecular flexibility index (Phi) is 9.82. The maximum atomic E-state index is 11.6. The standard InChI is InChI=1S/C38H40N4O4S/c43-36-14-10-28-8-12-31(26-33(28)39-36)44-22-3-4-23-45-32-13-9-29-11-15-37(40-34(29)27-32)46-24-2-1-17-41-18-20-42(21-19-41)35-7-5-6-30-16-25-47-38(30)35/h5-16,25-27H,1-4,17-24H2,(H,39,43). The van der Waals surface area contributed by atoms with E-state index in [2.05, 4.69) is 50.5 Å². The van der Waals surface area contributed by atoms with E-state index in [1.165, 1.54) is 21.8 Å². The van der Waals surface area contributed by atoms with Crippen LogP contribution in [0.5, 0.6) is 17.4 Å². The molecule has 0 aliphatic carbocycles. The fourth-order valence-corrected chi connectivity index (χ4v) is 7.04. The molecule has 47 heavy (non-hydrogen) atoms. The number of anilines is 1. The number of aromatic nitrogens is 2. The van der Waals surface area contributed by atoms with Gasteiger partial charge in [-0.2, -0.15) is 0 Å². The maximum absolute atomic E-state index is 11.6. The predicted molar refractivity (Wildman–Crippen MR) is 192 cm³/mol. The van der Waals surface area contributed by atoms with E-state index in [-0.39, 0.29) is 5.56 Å². The van der Waals surface area contributed by atoms with Gasteiger partial charge in [0.15, 0.2) is 0 Å². The highest BCUT2D eigenvalue weighted by Crippen LogP contribution is 2.32. The Morgan fingerprint density at radius 3 is 2.28 bits per heavy atom. The summed E-state index contributed by atoms with van der Waals surface area (Å²) in [6, 6.07) is 27.9. The molecule has 8 nitrogen and oxygen atoms in total. The smallest absolute Gasteiger partial charge is 0.248 e. The number of fused-ring (bicyclic) bond motifs is 3. The zero-order chi connectivity index (χ0) is 31.8. The quantitative estimate of drug-likeness (QED) is 0.123. The van der Waals surface area contributed by atoms with Crippen LogP contribution in [0.1, 0.15) is 25.7 Å². The summed E-state index contributed by atoms with van der Waals surface area (Å²) in [7, 11) is 0. The van der Waals surface area contributed by atoms with Gasteiger partial charge in [0, 0.05) is 55.8 Å². The molecule has 0 radical (unpaired) electrons. The van der Waals surface area contributed by atoms with E-state index in [0.717, 1.165) is 91.7 Å². The first-order valence-electron chi connectivity index (χ1n) is 16.5. The zero-order valence-electron chi connectivity index (χ0n) is 26.5. The monoisotopic (exact) mass is 648 g/mol. The third-order valence-electron chi connectivity index (χ3n) is 8.70. The van der Waals surface area contributed by atoms with Crippen molar-refractivity contribution in [2.24, 2.45) is 0 Å². The summed E-state index contributed by atoms with van der Waals surface area (Å²) in [6.45, 7) is 7.28. The van der Waals surface area contributed by atoms with Gasteiger partial charge in [-0.1, -0.05) is 12.1 Å². The molecule has 9 heteroatoms. The van der Waals surface area contributed by atoms with Gasteiger partial charge >= 0.3 is 0 Å². The topological polar surface area (TPSA) is 79.9 Å². The second-order valence-corrected chi connectivity index (χ2v) is 12.9. The van der Waals surface area contributed by atoms with E-state index in [1.807, 2.05) is 59.9 Å². The Bertz CT molecular complexity index is 2000. The molecule has 7 rings (SSSR count). The van der Waals surface area contributed by atoms with Crippen LogP contribution in [0.2, 0.25) is 0 Å². The highest BCUT2D eigenvalue weighted by Gasteiger charge is 2.18. The molecule has 1 aliphatic rings. The van der Waals surface area contributed by atoms with Crippen molar-refractivity contribution in [1.82, 2.24) is 14.9 Å². The summed E-state index contributed by atoms with van der Waals surface area (Å²) in [5.74, 6) is 2.20. The van der Waals surface area contributed by atoms with Gasteiger partial charge < -0.3 is 24.1 Å². The summed E-state index contributed by atoms with van der Waals surface area (Å²) in [5, 5.41) is 5.57. The van der Waals surface area contributed by atoms with Crippen LogP contribution in [0.25, 0.3) is 31.9 Å². The Morgan fingerprint density at radius 1 is 0.702 bits per heavy atom. The summed E-state index contributed by atoms with van der Waals surface area (Å²) in [5.41, 5.74) is 2.91. The molecule has 0 amide bonds. The molecule has 0 bridgehead atoms. The molecule has 3 aromatic heterocycles. The summed E-state index contributed by atoms with van der Waals surface area (Å²) < 4.78 is 19.3. The lowest BCUT2D eigenvalue weighted by molar-refractivity contribution is 0.237. The number of hydrogen-bond acceptors (Lipinski definition) is 8. The number of pyridine rings is 2. The number of nitrogens with one attached hydrogen (secondary N) is 1. The van der Waals surface area contributed by atoms with Crippen molar-refractivity contribution in [3.8, 4) is 17.4 Å². The molecular formula is C38H40N4O4S. The molecule has 1 N–H and O–H groups in total. The number of aromatic amines is 1. The minimum absolute atomic E-state index is 0.116. The molecule has 0 spiro atoms. The molecule has 0 unspecified atom stereocenters. The molecule has 1 aliphatic heterocycles. The molecule has 4 heterocycles. The third kappa shape index (κ3) is 7.86. The summed E-state index contributed by atoms with van der Waals surface area (Å²) >= 11 is 1.84. The van der Waals surface area contributed by atoms with Gasteiger partial charge in [-0.15, -0.1) is 11.3 Å². The van der Waals surface area contributed by atoms with Gasteiger partial charge in [0.1, 0.15) is 11.5 Å². The highest BCUT2D eigenvalue weighted by molar-refractivity contribution is 7.17. The predicted octanol–water partition coefficient (Wildman–Crippen LogP) is 7.51. The van der Waals surface area contributed by atoms with E-state index >= 15 is 0 Å². The average molecular weight is 649 g/mol. The van der Waals surface area contributed by atoms with Crippen molar-refractivity contribution in [2.75, 3.05) is 57.4 Å². The van der Waals surface area contributed by atoms with Gasteiger partial charge in [-0.25, -0.2) is 4.98 Å². The number of unbranched alkanes of at least 4 members (excludes halogenated alkanes) is 2. The summed E-state index contributed by atoms with van der Waals surface area (Å²) in [4.78, 5) is 24.3. The van der Waals surface area contributed by atoms with Crippen LogP contribution in [0, 0.1) is 0 Å². The lowest BCUT2D eigenvalue weighted by Crippen LogP contribution is -2.46. The van der Waals surface area contributed by atoms with Crippen LogP contribution in [0.3, 0.4) is 0 Å². The third-order valence-corrected chi connectivity index (χ3v) is 9.65. The average Bonchev–Trinajstić information content (AvgIpc) is 3.59. The first-order valence-corrected chi connectivity index (χ1v) is 17.4. The number of thiophene rings is 1. The Hall–Kier alpha value is -4.60. The van der Waals surface area contributed by atoms with Crippen LogP contribution in [-0.4, -0.2) is 67.4 Å². The van der Waals surface area contributed by atoms with Gasteiger partial charge in [-0.05, 0) is 96.9 Å². The van der Waals surface area contributed by atoms with Crippen molar-refractivity contribution < 1.29 is 14.2 Å². The maximum Gasteiger partial charge on any atom is 0.248 e. The van der Waals surface area contributed by atoms with Gasteiger partial charge in [0.25, 0.3) is 0 Å². The Balaban J connectivity index is 0.796. The normalized spacial score (nSPS) is 13.8. The Morgan fingerprint density at radius 2 is 1.43 bits per heavy atom. The number of hydrogen-bond donors (Lipinski definition) is 1. The van der Waals surface area contributed by atoms with Crippen molar-refractivity contribution in [3.05, 3.63) is 101 Å². The number of benzene rings is 3. The second-order valence-electron chi connectivity index (χ2n) is 12.0. The Labute approximate surface area is 278 Å². The number of nitrogens with zero attached hydrogens (tertiary/aromatic N) is 3. The van der Waals surface area contributed by atoms with Gasteiger partial charge in [-0.3, -0.25) is 9.69 Å². The minimum Gasteiger partial charge on any atom is -0.494 e. The van der Waals surface area contributed by atoms with Crippen LogP contribution in [-0.2, 0) is 0 Å². The number of H-pyrrole nitrogens is 1. The van der Waals surface area contributed by atoms with E-state index in [4.69, 9.17) is 19.2 Å². The molecular weight excluding hydrogens is 609 g/mol. The molecule has 0 atom stereocenters. The van der Waals surface area contributed by atoms with Crippen LogP contribution >= 0.6 is 11.3 Å². The van der Waals surface area contributed by atoms with E-state index in [9.17, 15) is 4.79 Å². The van der Waals surface area contributed by atoms with Crippen LogP contribution < -0.4 is 24.7 Å². The van der Waals surface area contributed by atoms with Gasteiger partial charge in [0.05, 0.1) is 41.2 Å². The largest absolute Gasteiger partial charge is 0.494 e. The van der Waals surface area contributed by atoms with Crippen molar-refractivity contribution in [3.63, 3.8) is 0 Å². The summed E-state index contributed by atoms with van der Waals surface area (Å²) in [6.07, 6.45) is 3.83. The lowest BCUT2D eigenvalue weighted by Gasteiger charge is -2.36. The minimum atomic E-state index is -0.116. The van der Waals surface area contributed by atoms with Gasteiger partial charge in [0.2, 0.25) is 11.4 Å². The highest BCUT2D eigenvalue weighted by atomic mass is 32.1. The molecule has 1 fully saturated rings. The van der Waals surface area contributed by atoms with Crippen LogP contribution in [0.15, 0.2) is 95.1 Å². The fraction of sp³-hybridized carbons (Fsp3) is 0.316. The first kappa shape index (κ1) is 31.0. The van der Waals surface area contributed by atoms with Crippen LogP contribution in [0.4, 0.5) is 5.69 Å². The zero-order valence-corrected chi connectivity index (χ0v) is 27.3. The van der Waals surface area contributed by atoms with E-state index in [1.54, 1.807) is 0 Å². The second kappa shape index (κ2) is 14.9. The number of ether oxygens (including phenoxy) is 3. The van der Waals surface area contributed by atoms with Crippen molar-refractivity contribution >= 4 is 48.9 Å². The number of rotatable bonds is 14. The molecule has 0 saturated carbocycles. The number of piperazine rings is 1. The van der Waals surface area contributed by atoms with E-state index < -0.39 is 0 Å². The lowest BCUT2D eigenvalue weighted by atomic mass is 10.2. The molecule has 6 aromatic rings. The van der Waals surface area contributed by atoms with Crippen molar-refractivity contribution in [2.45, 2.75) is 25.7 Å². The first-order chi connectivity index (χ1) is 23.2. The molecule has 3 aromatic carbocycles. The molecule has 1 saturated heterocycles. The van der Waals surface area contributed by atoms with Crippen molar-refractivity contribution in [1.29, 1.82) is 0 Å².